The van der Waals surface area contributed by atoms with Gasteiger partial charge in [0.25, 0.3) is 0 Å². The number of rotatable bonds is 9. The number of nitrogens with two attached hydrogens (primary N) is 1. The molecule has 0 fully saturated rings. The van der Waals surface area contributed by atoms with Gasteiger partial charge in [-0.3, -0.25) is 4.99 Å². The van der Waals surface area contributed by atoms with E-state index in [0.717, 1.165) is 22.3 Å². The van der Waals surface area contributed by atoms with E-state index in [9.17, 15) is 0 Å². The number of benzene rings is 2. The van der Waals surface area contributed by atoms with Crippen LogP contribution >= 0.6 is 0 Å². The lowest BCUT2D eigenvalue weighted by molar-refractivity contribution is 0.463. The number of nitrogens with zero attached hydrogens (tertiary/aromatic N) is 4. The Hall–Kier alpha value is -3.91. The average molecular weight is 401 g/mol. The predicted octanol–water partition coefficient (Wildman–Crippen LogP) is 4.00. The van der Waals surface area contributed by atoms with Crippen LogP contribution in [0.25, 0.3) is 10.9 Å². The van der Waals surface area contributed by atoms with E-state index < -0.39 is 0 Å². The molecule has 0 bridgehead atoms. The van der Waals surface area contributed by atoms with Crippen LogP contribution < -0.4 is 21.1 Å². The molecule has 4 rings (SSSR count). The second-order valence-electron chi connectivity index (χ2n) is 6.61. The third kappa shape index (κ3) is 4.56. The van der Waals surface area contributed by atoms with Crippen molar-refractivity contribution >= 4 is 34.9 Å². The zero-order valence-electron chi connectivity index (χ0n) is 16.5. The van der Waals surface area contributed by atoms with Crippen LogP contribution in [0.2, 0.25) is 0 Å². The van der Waals surface area contributed by atoms with E-state index in [1.165, 1.54) is 0 Å². The molecule has 8 nitrogen and oxygen atoms in total. The van der Waals surface area contributed by atoms with Gasteiger partial charge in [-0.05, 0) is 49.2 Å². The van der Waals surface area contributed by atoms with Gasteiger partial charge in [0, 0.05) is 53.8 Å². The lowest BCUT2D eigenvalue weighted by atomic mass is 10.2. The maximum atomic E-state index is 5.95. The first kappa shape index (κ1) is 19.4. The molecule has 2 aromatic heterocycles. The molecule has 2 aromatic carbocycles. The molecule has 30 heavy (non-hydrogen) atoms. The molecule has 0 unspecified atom stereocenters. The van der Waals surface area contributed by atoms with Crippen molar-refractivity contribution in [3.63, 3.8) is 0 Å². The second kappa shape index (κ2) is 9.06. The first-order valence-electron chi connectivity index (χ1n) is 9.58. The van der Waals surface area contributed by atoms with Crippen LogP contribution in [0.3, 0.4) is 0 Å². The molecular formula is C22H23N7O. The molecule has 0 aliphatic carbocycles. The summed E-state index contributed by atoms with van der Waals surface area (Å²) < 4.78 is 7.97. The van der Waals surface area contributed by atoms with Gasteiger partial charge in [-0.25, -0.2) is 4.98 Å². The highest BCUT2D eigenvalue weighted by Gasteiger charge is 2.06. The largest absolute Gasteiger partial charge is 0.439 e. The number of anilines is 3. The smallest absolute Gasteiger partial charge is 0.230 e. The SMILES string of the molecule is C=NCn1ccc2cc(Oc3ccnc(Nc4cccc(NCCN)c4)n3)ccc21. The second-order valence-corrected chi connectivity index (χ2v) is 6.61. The molecular weight excluding hydrogens is 378 g/mol. The van der Waals surface area contributed by atoms with Crippen molar-refractivity contribution in [2.45, 2.75) is 6.67 Å². The third-order valence-corrected chi connectivity index (χ3v) is 4.44. The van der Waals surface area contributed by atoms with Crippen LogP contribution in [-0.4, -0.2) is 34.3 Å². The van der Waals surface area contributed by atoms with Crippen molar-refractivity contribution < 1.29 is 4.74 Å². The monoisotopic (exact) mass is 401 g/mol. The minimum absolute atomic E-state index is 0.452. The number of nitrogens with one attached hydrogen (secondary N) is 2. The van der Waals surface area contributed by atoms with E-state index in [4.69, 9.17) is 10.5 Å². The highest BCUT2D eigenvalue weighted by molar-refractivity contribution is 5.81. The molecule has 2 heterocycles. The Kier molecular flexibility index (Phi) is 5.86. The molecule has 0 amide bonds. The predicted molar refractivity (Wildman–Crippen MR) is 121 cm³/mol. The molecule has 0 radical (unpaired) electrons. The molecule has 0 saturated heterocycles. The van der Waals surface area contributed by atoms with Crippen LogP contribution in [-0.2, 0) is 6.67 Å². The standard InChI is InChI=1S/C22H23N7O/c1-24-15-29-12-8-16-13-19(5-6-20(16)29)30-21-7-10-26-22(28-21)27-18-4-2-3-17(14-18)25-11-9-23/h2-8,10,12-14,25H,1,9,11,15,23H2,(H,26,27,28). The molecule has 4 N–H and O–H groups in total. The average Bonchev–Trinajstić information content (AvgIpc) is 3.15. The molecule has 0 aliphatic heterocycles. The van der Waals surface area contributed by atoms with Crippen LogP contribution in [0.1, 0.15) is 0 Å². The number of aromatic nitrogens is 3. The maximum absolute atomic E-state index is 5.95. The first-order chi connectivity index (χ1) is 14.7. The van der Waals surface area contributed by atoms with Gasteiger partial charge in [0.2, 0.25) is 11.8 Å². The normalized spacial score (nSPS) is 10.7. The summed E-state index contributed by atoms with van der Waals surface area (Å²) in [6, 6.07) is 17.5. The minimum Gasteiger partial charge on any atom is -0.439 e. The molecule has 8 heteroatoms. The molecule has 4 aromatic rings. The molecule has 0 aliphatic rings. The Bertz CT molecular complexity index is 1160. The van der Waals surface area contributed by atoms with Crippen LogP contribution in [0, 0.1) is 0 Å². The topological polar surface area (TPSA) is 102 Å². The van der Waals surface area contributed by atoms with Crippen molar-refractivity contribution in [3.05, 3.63) is 67.0 Å². The summed E-state index contributed by atoms with van der Waals surface area (Å²) in [5.41, 5.74) is 8.46. The van der Waals surface area contributed by atoms with E-state index in [-0.39, 0.29) is 0 Å². The van der Waals surface area contributed by atoms with Gasteiger partial charge in [-0.1, -0.05) is 6.07 Å². The van der Waals surface area contributed by atoms with E-state index in [2.05, 4.69) is 32.3 Å². The first-order valence-corrected chi connectivity index (χ1v) is 9.58. The third-order valence-electron chi connectivity index (χ3n) is 4.44. The summed E-state index contributed by atoms with van der Waals surface area (Å²) in [5, 5.41) is 7.51. The Balaban J connectivity index is 1.48. The van der Waals surface area contributed by atoms with Crippen molar-refractivity contribution in [2.24, 2.45) is 10.7 Å². The highest BCUT2D eigenvalue weighted by Crippen LogP contribution is 2.26. The lowest BCUT2D eigenvalue weighted by Gasteiger charge is -2.10. The fraction of sp³-hybridized carbons (Fsp3) is 0.136. The minimum atomic E-state index is 0.452. The zero-order valence-corrected chi connectivity index (χ0v) is 16.5. The molecule has 152 valence electrons. The van der Waals surface area contributed by atoms with Crippen LogP contribution in [0.15, 0.2) is 72.0 Å². The van der Waals surface area contributed by atoms with Gasteiger partial charge in [0.1, 0.15) is 12.4 Å². The summed E-state index contributed by atoms with van der Waals surface area (Å²) in [4.78, 5) is 12.7. The van der Waals surface area contributed by atoms with Gasteiger partial charge < -0.3 is 25.7 Å². The van der Waals surface area contributed by atoms with E-state index in [0.29, 0.717) is 37.3 Å². The van der Waals surface area contributed by atoms with Gasteiger partial charge in [0.05, 0.1) is 0 Å². The van der Waals surface area contributed by atoms with Crippen molar-refractivity contribution in [2.75, 3.05) is 23.7 Å². The highest BCUT2D eigenvalue weighted by atomic mass is 16.5. The Labute approximate surface area is 174 Å². The van der Waals surface area contributed by atoms with Gasteiger partial charge in [0.15, 0.2) is 0 Å². The number of hydrogen-bond donors (Lipinski definition) is 3. The fourth-order valence-corrected chi connectivity index (χ4v) is 3.11. The van der Waals surface area contributed by atoms with Crippen molar-refractivity contribution in [1.29, 1.82) is 0 Å². The quantitative estimate of drug-likeness (QED) is 0.367. The number of aliphatic imine (C=N–C) groups is 1. The van der Waals surface area contributed by atoms with Crippen LogP contribution in [0.4, 0.5) is 17.3 Å². The zero-order chi connectivity index (χ0) is 20.8. The summed E-state index contributed by atoms with van der Waals surface area (Å²) in [5.74, 6) is 1.61. The fourth-order valence-electron chi connectivity index (χ4n) is 3.11. The van der Waals surface area contributed by atoms with E-state index >= 15 is 0 Å². The Morgan fingerprint density at radius 2 is 2.00 bits per heavy atom. The molecule has 0 atom stereocenters. The van der Waals surface area contributed by atoms with Gasteiger partial charge in [-0.2, -0.15) is 4.98 Å². The number of hydrogen-bond acceptors (Lipinski definition) is 7. The maximum Gasteiger partial charge on any atom is 0.230 e. The Morgan fingerprint density at radius 1 is 1.10 bits per heavy atom. The van der Waals surface area contributed by atoms with Crippen molar-refractivity contribution in [3.8, 4) is 11.6 Å². The number of fused-ring (bicyclic) bond motifs is 1. The van der Waals surface area contributed by atoms with Gasteiger partial charge in [-0.15, -0.1) is 0 Å². The van der Waals surface area contributed by atoms with Crippen LogP contribution in [0.5, 0.6) is 11.6 Å². The summed E-state index contributed by atoms with van der Waals surface area (Å²) >= 11 is 0. The van der Waals surface area contributed by atoms with Crippen molar-refractivity contribution in [1.82, 2.24) is 14.5 Å². The van der Waals surface area contributed by atoms with E-state index in [1.807, 2.05) is 59.3 Å². The summed E-state index contributed by atoms with van der Waals surface area (Å²) in [6.45, 7) is 5.35. The molecule has 0 saturated carbocycles. The van der Waals surface area contributed by atoms with E-state index in [1.54, 1.807) is 12.3 Å². The van der Waals surface area contributed by atoms with Gasteiger partial charge >= 0.3 is 0 Å². The molecule has 0 spiro atoms. The summed E-state index contributed by atoms with van der Waals surface area (Å²) in [6.07, 6.45) is 3.64. The lowest BCUT2D eigenvalue weighted by Crippen LogP contribution is -2.13. The summed E-state index contributed by atoms with van der Waals surface area (Å²) in [7, 11) is 0. The number of ether oxygens (including phenoxy) is 1. The Morgan fingerprint density at radius 3 is 2.87 bits per heavy atom.